The highest BCUT2D eigenvalue weighted by Crippen LogP contribution is 2.31. The number of aryl methyl sites for hydroxylation is 1. The second-order valence-corrected chi connectivity index (χ2v) is 7.56. The van der Waals surface area contributed by atoms with Crippen LogP contribution >= 0.6 is 0 Å². The zero-order chi connectivity index (χ0) is 19.4. The van der Waals surface area contributed by atoms with Crippen molar-refractivity contribution in [1.82, 2.24) is 0 Å². The fourth-order valence-corrected chi connectivity index (χ4v) is 2.91. The fourth-order valence-electron chi connectivity index (χ4n) is 2.46. The molecule has 5 nitrogen and oxygen atoms in total. The molecule has 0 aromatic heterocycles. The van der Waals surface area contributed by atoms with Gasteiger partial charge >= 0.3 is 21.6 Å². The Kier molecular flexibility index (Phi) is 6.33. The number of esters is 1. The molecule has 144 valence electrons. The lowest BCUT2D eigenvalue weighted by Crippen LogP contribution is -2.28. The molecule has 0 bridgehead atoms. The van der Waals surface area contributed by atoms with Crippen LogP contribution in [-0.4, -0.2) is 19.9 Å². The molecule has 0 fully saturated rings. The highest BCUT2D eigenvalue weighted by Gasteiger charge is 2.48. The summed E-state index contributed by atoms with van der Waals surface area (Å²) in [5.74, 6) is -0.731. The zero-order valence-corrected chi connectivity index (χ0v) is 15.0. The van der Waals surface area contributed by atoms with E-state index in [-0.39, 0.29) is 12.2 Å². The van der Waals surface area contributed by atoms with Crippen LogP contribution in [0.2, 0.25) is 0 Å². The normalized spacial score (nSPS) is 17.2. The summed E-state index contributed by atoms with van der Waals surface area (Å²) in [5, 5.41) is 0. The SMILES string of the molecule is CC1=CCCCCc2cc(OS(=O)(=O)C(F)(F)F)ccc2OC(=O)CC1. The van der Waals surface area contributed by atoms with E-state index in [1.807, 2.05) is 13.0 Å². The minimum Gasteiger partial charge on any atom is -0.426 e. The first-order valence-electron chi connectivity index (χ1n) is 8.08. The van der Waals surface area contributed by atoms with Gasteiger partial charge in [-0.25, -0.2) is 0 Å². The third kappa shape index (κ3) is 5.48. The average molecular weight is 392 g/mol. The number of alkyl halides is 3. The highest BCUT2D eigenvalue weighted by atomic mass is 32.2. The standard InChI is InChI=1S/C17H19F3O5S/c1-12-5-3-2-4-6-13-11-14(25-26(22,23)17(18,19)20)8-9-15(13)24-16(21)10-7-12/h5,8-9,11H,2-4,6-7,10H2,1H3. The van der Waals surface area contributed by atoms with Crippen LogP contribution in [0.5, 0.6) is 11.5 Å². The van der Waals surface area contributed by atoms with Crippen LogP contribution in [0.4, 0.5) is 13.2 Å². The Labute approximate surface area is 149 Å². The van der Waals surface area contributed by atoms with Crippen molar-refractivity contribution in [1.29, 1.82) is 0 Å². The molecule has 0 N–H and O–H groups in total. The van der Waals surface area contributed by atoms with Crippen LogP contribution in [0.15, 0.2) is 29.8 Å². The molecule has 1 aliphatic rings. The van der Waals surface area contributed by atoms with Crippen molar-refractivity contribution in [3.63, 3.8) is 0 Å². The Bertz CT molecular complexity index is 797. The van der Waals surface area contributed by atoms with Crippen LogP contribution in [0.25, 0.3) is 0 Å². The number of hydrogen-bond acceptors (Lipinski definition) is 5. The Morgan fingerprint density at radius 1 is 1.12 bits per heavy atom. The molecular weight excluding hydrogens is 373 g/mol. The van der Waals surface area contributed by atoms with E-state index in [1.54, 1.807) is 0 Å². The molecule has 0 saturated heterocycles. The molecular formula is C17H19F3O5S. The molecule has 9 heteroatoms. The first kappa shape index (κ1) is 20.3. The number of benzene rings is 1. The molecule has 1 heterocycles. The molecule has 0 atom stereocenters. The van der Waals surface area contributed by atoms with Crippen molar-refractivity contribution < 1.29 is 35.3 Å². The van der Waals surface area contributed by atoms with E-state index in [0.29, 0.717) is 24.8 Å². The molecule has 0 spiro atoms. The Morgan fingerprint density at radius 2 is 1.85 bits per heavy atom. The van der Waals surface area contributed by atoms with Gasteiger partial charge in [0.2, 0.25) is 0 Å². The molecule has 2 rings (SSSR count). The summed E-state index contributed by atoms with van der Waals surface area (Å²) >= 11 is 0. The Morgan fingerprint density at radius 3 is 2.54 bits per heavy atom. The summed E-state index contributed by atoms with van der Waals surface area (Å²) in [4.78, 5) is 11.9. The number of allylic oxidation sites excluding steroid dienone is 2. The maximum Gasteiger partial charge on any atom is 0.534 e. The van der Waals surface area contributed by atoms with Crippen LogP contribution in [-0.2, 0) is 21.3 Å². The van der Waals surface area contributed by atoms with Gasteiger partial charge in [0.05, 0.1) is 0 Å². The van der Waals surface area contributed by atoms with Gasteiger partial charge in [0, 0.05) is 6.42 Å². The van der Waals surface area contributed by atoms with Crippen molar-refractivity contribution in [3.05, 3.63) is 35.4 Å². The molecule has 0 amide bonds. The number of rotatable bonds is 2. The summed E-state index contributed by atoms with van der Waals surface area (Å²) in [7, 11) is -5.75. The lowest BCUT2D eigenvalue weighted by molar-refractivity contribution is -0.134. The minimum atomic E-state index is -5.75. The molecule has 1 aliphatic heterocycles. The summed E-state index contributed by atoms with van der Waals surface area (Å²) in [6, 6.07) is 3.45. The van der Waals surface area contributed by atoms with Crippen molar-refractivity contribution >= 4 is 16.1 Å². The predicted octanol–water partition coefficient (Wildman–Crippen LogP) is 4.27. The van der Waals surface area contributed by atoms with Crippen molar-refractivity contribution in [2.24, 2.45) is 0 Å². The fraction of sp³-hybridized carbons (Fsp3) is 0.471. The molecule has 26 heavy (non-hydrogen) atoms. The summed E-state index contributed by atoms with van der Waals surface area (Å²) < 4.78 is 69.1. The van der Waals surface area contributed by atoms with Gasteiger partial charge in [-0.05, 0) is 62.8 Å². The lowest BCUT2D eigenvalue weighted by atomic mass is 10.0. The van der Waals surface area contributed by atoms with E-state index >= 15 is 0 Å². The molecule has 0 saturated carbocycles. The number of carbonyl (C=O) groups is 1. The second-order valence-electron chi connectivity index (χ2n) is 6.02. The predicted molar refractivity (Wildman–Crippen MR) is 88.2 cm³/mol. The largest absolute Gasteiger partial charge is 0.534 e. The van der Waals surface area contributed by atoms with Gasteiger partial charge in [0.1, 0.15) is 11.5 Å². The summed E-state index contributed by atoms with van der Waals surface area (Å²) in [6.45, 7) is 1.94. The van der Waals surface area contributed by atoms with Gasteiger partial charge in [-0.15, -0.1) is 0 Å². The first-order chi connectivity index (χ1) is 12.1. The first-order valence-corrected chi connectivity index (χ1v) is 9.49. The third-order valence-corrected chi connectivity index (χ3v) is 4.84. The minimum absolute atomic E-state index is 0.183. The van der Waals surface area contributed by atoms with E-state index in [9.17, 15) is 26.4 Å². The van der Waals surface area contributed by atoms with E-state index in [1.165, 1.54) is 12.1 Å². The average Bonchev–Trinajstić information content (AvgIpc) is 2.52. The molecule has 0 aliphatic carbocycles. The van der Waals surface area contributed by atoms with Gasteiger partial charge < -0.3 is 8.92 Å². The lowest BCUT2D eigenvalue weighted by Gasteiger charge is -2.14. The van der Waals surface area contributed by atoms with Gasteiger partial charge in [0.25, 0.3) is 0 Å². The number of carbonyl (C=O) groups excluding carboxylic acids is 1. The highest BCUT2D eigenvalue weighted by molar-refractivity contribution is 7.88. The summed E-state index contributed by atoms with van der Waals surface area (Å²) in [6.07, 6.45) is 5.58. The van der Waals surface area contributed by atoms with Crippen molar-refractivity contribution in [2.45, 2.75) is 51.0 Å². The van der Waals surface area contributed by atoms with E-state index < -0.39 is 27.3 Å². The van der Waals surface area contributed by atoms with Gasteiger partial charge in [0.15, 0.2) is 0 Å². The Balaban J connectivity index is 2.25. The van der Waals surface area contributed by atoms with Gasteiger partial charge in [-0.1, -0.05) is 11.6 Å². The van der Waals surface area contributed by atoms with Gasteiger partial charge in [-0.2, -0.15) is 21.6 Å². The molecule has 1 aromatic carbocycles. The molecule has 1 aromatic rings. The Hall–Kier alpha value is -2.03. The van der Waals surface area contributed by atoms with Crippen molar-refractivity contribution in [2.75, 3.05) is 0 Å². The van der Waals surface area contributed by atoms with Crippen LogP contribution in [0.3, 0.4) is 0 Å². The smallest absolute Gasteiger partial charge is 0.426 e. The zero-order valence-electron chi connectivity index (χ0n) is 14.1. The molecule has 0 unspecified atom stereocenters. The number of halogens is 3. The van der Waals surface area contributed by atoms with Crippen molar-refractivity contribution in [3.8, 4) is 11.5 Å². The maximum atomic E-state index is 12.5. The van der Waals surface area contributed by atoms with Crippen LogP contribution in [0.1, 0.15) is 44.6 Å². The third-order valence-electron chi connectivity index (χ3n) is 3.86. The van der Waals surface area contributed by atoms with Crippen LogP contribution in [0, 0.1) is 0 Å². The summed E-state index contributed by atoms with van der Waals surface area (Å²) in [5.41, 5.74) is -3.99. The van der Waals surface area contributed by atoms with E-state index in [2.05, 4.69) is 4.18 Å². The monoisotopic (exact) mass is 392 g/mol. The van der Waals surface area contributed by atoms with Gasteiger partial charge in [-0.3, -0.25) is 4.79 Å². The molecule has 0 radical (unpaired) electrons. The van der Waals surface area contributed by atoms with E-state index in [0.717, 1.165) is 24.5 Å². The van der Waals surface area contributed by atoms with E-state index in [4.69, 9.17) is 4.74 Å². The van der Waals surface area contributed by atoms with Crippen LogP contribution < -0.4 is 8.92 Å². The quantitative estimate of drug-likeness (QED) is 0.247. The number of hydrogen-bond donors (Lipinski definition) is 0. The topological polar surface area (TPSA) is 69.7 Å². The second kappa shape index (κ2) is 8.11. The number of fused-ring (bicyclic) bond motifs is 1. The maximum absolute atomic E-state index is 12.5. The number of ether oxygens (including phenoxy) is 1.